The van der Waals surface area contributed by atoms with Crippen LogP contribution in [0.2, 0.25) is 0 Å². The molecule has 0 aliphatic carbocycles. The molecule has 3 aromatic heterocycles. The van der Waals surface area contributed by atoms with Gasteiger partial charge in [-0.25, -0.2) is 0 Å². The quantitative estimate of drug-likeness (QED) is 0.682. The van der Waals surface area contributed by atoms with Gasteiger partial charge < -0.3 is 5.32 Å². The lowest BCUT2D eigenvalue weighted by atomic mass is 10.2. The van der Waals surface area contributed by atoms with Gasteiger partial charge in [-0.15, -0.1) is 27.8 Å². The summed E-state index contributed by atoms with van der Waals surface area (Å²) >= 11 is 3.60. The first-order valence-electron chi connectivity index (χ1n) is 6.58. The number of aryl methyl sites for hydroxylation is 1. The van der Waals surface area contributed by atoms with Crippen molar-refractivity contribution >= 4 is 22.7 Å². The fourth-order valence-electron chi connectivity index (χ4n) is 2.09. The average Bonchev–Trinajstić information content (AvgIpc) is 3.22. The maximum atomic E-state index is 3.98. The Morgan fingerprint density at radius 2 is 1.90 bits per heavy atom. The number of hydrogen-bond acceptors (Lipinski definition) is 5. The average molecular weight is 304 g/mol. The molecular formula is C14H16N4S2. The van der Waals surface area contributed by atoms with Crippen molar-refractivity contribution in [2.45, 2.75) is 19.0 Å². The summed E-state index contributed by atoms with van der Waals surface area (Å²) in [6.45, 7) is 1.86. The Morgan fingerprint density at radius 1 is 1.15 bits per heavy atom. The summed E-state index contributed by atoms with van der Waals surface area (Å²) in [5, 5.41) is 15.7. The van der Waals surface area contributed by atoms with E-state index in [1.807, 2.05) is 10.9 Å². The molecule has 6 heteroatoms. The molecule has 0 fully saturated rings. The highest BCUT2D eigenvalue weighted by molar-refractivity contribution is 7.11. The number of rotatable bonds is 7. The second-order valence-electron chi connectivity index (χ2n) is 4.44. The van der Waals surface area contributed by atoms with Crippen LogP contribution in [0, 0.1) is 0 Å². The molecule has 0 saturated carbocycles. The van der Waals surface area contributed by atoms with Gasteiger partial charge in [-0.05, 0) is 35.9 Å². The predicted octanol–water partition coefficient (Wildman–Crippen LogP) is 3.17. The standard InChI is InChI=1S/C14H16N4S2/c1-4-12(19-10-1)14(13-5-2-11-20-13)15-6-3-8-18-9-7-16-17-18/h1-2,4-5,7,9-11,14-15H,3,6,8H2. The van der Waals surface area contributed by atoms with Crippen molar-refractivity contribution in [2.75, 3.05) is 6.54 Å². The summed E-state index contributed by atoms with van der Waals surface area (Å²) in [6.07, 6.45) is 4.65. The molecule has 0 aliphatic heterocycles. The van der Waals surface area contributed by atoms with E-state index in [1.165, 1.54) is 9.75 Å². The molecule has 0 atom stereocenters. The van der Waals surface area contributed by atoms with Crippen molar-refractivity contribution in [3.8, 4) is 0 Å². The van der Waals surface area contributed by atoms with Gasteiger partial charge in [0.05, 0.1) is 12.2 Å². The lowest BCUT2D eigenvalue weighted by Gasteiger charge is -2.16. The monoisotopic (exact) mass is 304 g/mol. The van der Waals surface area contributed by atoms with Gasteiger partial charge in [0.15, 0.2) is 0 Å². The minimum atomic E-state index is 0.311. The van der Waals surface area contributed by atoms with Crippen LogP contribution in [0.5, 0.6) is 0 Å². The highest BCUT2D eigenvalue weighted by atomic mass is 32.1. The maximum absolute atomic E-state index is 3.98. The third kappa shape index (κ3) is 3.33. The number of thiophene rings is 2. The third-order valence-corrected chi connectivity index (χ3v) is 4.91. The fourth-order valence-corrected chi connectivity index (χ4v) is 3.80. The number of hydrogen-bond donors (Lipinski definition) is 1. The number of aromatic nitrogens is 3. The Bertz CT molecular complexity index is 553. The molecule has 3 rings (SSSR count). The summed E-state index contributed by atoms with van der Waals surface area (Å²) in [6, 6.07) is 8.92. The molecule has 0 amide bonds. The Labute approximate surface area is 126 Å². The van der Waals surface area contributed by atoms with Crippen molar-refractivity contribution in [1.29, 1.82) is 0 Å². The van der Waals surface area contributed by atoms with Crippen LogP contribution in [0.25, 0.3) is 0 Å². The van der Waals surface area contributed by atoms with Crippen LogP contribution < -0.4 is 5.32 Å². The van der Waals surface area contributed by atoms with Crippen LogP contribution in [-0.2, 0) is 6.54 Å². The van der Waals surface area contributed by atoms with Crippen molar-refractivity contribution in [3.63, 3.8) is 0 Å². The molecule has 0 radical (unpaired) electrons. The van der Waals surface area contributed by atoms with E-state index >= 15 is 0 Å². The van der Waals surface area contributed by atoms with Crippen LogP contribution in [-0.4, -0.2) is 21.5 Å². The van der Waals surface area contributed by atoms with E-state index in [4.69, 9.17) is 0 Å². The van der Waals surface area contributed by atoms with Crippen molar-refractivity contribution in [1.82, 2.24) is 20.3 Å². The zero-order valence-corrected chi connectivity index (χ0v) is 12.6. The van der Waals surface area contributed by atoms with Crippen molar-refractivity contribution < 1.29 is 0 Å². The fraction of sp³-hybridized carbons (Fsp3) is 0.286. The smallest absolute Gasteiger partial charge is 0.0764 e. The lowest BCUT2D eigenvalue weighted by Crippen LogP contribution is -2.23. The maximum Gasteiger partial charge on any atom is 0.0764 e. The minimum absolute atomic E-state index is 0.311. The van der Waals surface area contributed by atoms with E-state index in [-0.39, 0.29) is 0 Å². The molecule has 0 aromatic carbocycles. The second-order valence-corrected chi connectivity index (χ2v) is 6.40. The molecule has 3 heterocycles. The van der Waals surface area contributed by atoms with Crippen LogP contribution in [0.4, 0.5) is 0 Å². The van der Waals surface area contributed by atoms with Gasteiger partial charge in [0.1, 0.15) is 0 Å². The summed E-state index contributed by atoms with van der Waals surface area (Å²) in [5.41, 5.74) is 0. The van der Waals surface area contributed by atoms with Crippen LogP contribution in [0.1, 0.15) is 22.2 Å². The van der Waals surface area contributed by atoms with Gasteiger partial charge in [0, 0.05) is 22.5 Å². The van der Waals surface area contributed by atoms with Crippen LogP contribution >= 0.6 is 22.7 Å². The van der Waals surface area contributed by atoms with E-state index in [2.05, 4.69) is 50.7 Å². The van der Waals surface area contributed by atoms with Crippen LogP contribution in [0.15, 0.2) is 47.4 Å². The van der Waals surface area contributed by atoms with Crippen LogP contribution in [0.3, 0.4) is 0 Å². The zero-order chi connectivity index (χ0) is 13.6. The Hall–Kier alpha value is -1.50. The van der Waals surface area contributed by atoms with E-state index in [1.54, 1.807) is 28.9 Å². The van der Waals surface area contributed by atoms with Gasteiger partial charge in [0.2, 0.25) is 0 Å². The van der Waals surface area contributed by atoms with E-state index < -0.39 is 0 Å². The van der Waals surface area contributed by atoms with E-state index in [9.17, 15) is 0 Å². The molecule has 0 unspecified atom stereocenters. The lowest BCUT2D eigenvalue weighted by molar-refractivity contribution is 0.514. The van der Waals surface area contributed by atoms with Gasteiger partial charge >= 0.3 is 0 Å². The first kappa shape index (κ1) is 13.5. The molecule has 0 bridgehead atoms. The largest absolute Gasteiger partial charge is 0.305 e. The number of nitrogens with zero attached hydrogens (tertiary/aromatic N) is 3. The van der Waals surface area contributed by atoms with E-state index in [0.717, 1.165) is 19.5 Å². The molecule has 3 aromatic rings. The molecular weight excluding hydrogens is 288 g/mol. The second kappa shape index (κ2) is 6.78. The summed E-state index contributed by atoms with van der Waals surface area (Å²) in [7, 11) is 0. The first-order valence-corrected chi connectivity index (χ1v) is 8.34. The van der Waals surface area contributed by atoms with Gasteiger partial charge in [-0.2, -0.15) is 0 Å². The Balaban J connectivity index is 1.57. The summed E-state index contributed by atoms with van der Waals surface area (Å²) < 4.78 is 1.87. The molecule has 0 saturated heterocycles. The highest BCUT2D eigenvalue weighted by Gasteiger charge is 2.15. The Kier molecular flexibility index (Phi) is 4.57. The molecule has 0 aliphatic rings. The summed E-state index contributed by atoms with van der Waals surface area (Å²) in [5.74, 6) is 0. The normalized spacial score (nSPS) is 11.2. The van der Waals surface area contributed by atoms with Gasteiger partial charge in [0.25, 0.3) is 0 Å². The number of nitrogens with one attached hydrogen (secondary N) is 1. The Morgan fingerprint density at radius 3 is 2.45 bits per heavy atom. The minimum Gasteiger partial charge on any atom is -0.305 e. The SMILES string of the molecule is c1csc(C(NCCCn2ccnn2)c2cccs2)c1. The molecule has 0 spiro atoms. The topological polar surface area (TPSA) is 42.7 Å². The van der Waals surface area contributed by atoms with Gasteiger partial charge in [-0.1, -0.05) is 17.3 Å². The van der Waals surface area contributed by atoms with Gasteiger partial charge in [-0.3, -0.25) is 4.68 Å². The molecule has 104 valence electrons. The zero-order valence-electron chi connectivity index (χ0n) is 11.0. The molecule has 1 N–H and O–H groups in total. The summed E-state index contributed by atoms with van der Waals surface area (Å²) in [4.78, 5) is 2.74. The molecule has 20 heavy (non-hydrogen) atoms. The highest BCUT2D eigenvalue weighted by Crippen LogP contribution is 2.28. The third-order valence-electron chi connectivity index (χ3n) is 3.04. The first-order chi connectivity index (χ1) is 9.93. The van der Waals surface area contributed by atoms with E-state index in [0.29, 0.717) is 6.04 Å². The van der Waals surface area contributed by atoms with Crippen molar-refractivity contribution in [3.05, 3.63) is 57.2 Å². The van der Waals surface area contributed by atoms with Crippen molar-refractivity contribution in [2.24, 2.45) is 0 Å². The molecule has 4 nitrogen and oxygen atoms in total. The predicted molar refractivity (Wildman–Crippen MR) is 83.1 cm³/mol.